The first-order chi connectivity index (χ1) is 10.2. The fourth-order valence-electron chi connectivity index (χ4n) is 2.39. The second kappa shape index (κ2) is 6.27. The van der Waals surface area contributed by atoms with Crippen LogP contribution in [0.25, 0.3) is 11.1 Å². The molecule has 0 heterocycles. The maximum absolute atomic E-state index is 6.18. The SMILES string of the molecule is COc1ccc(Cl)cc1-c1cc(Cl)ccc1CNC1CC1. The Balaban J connectivity index is 2.02. The maximum atomic E-state index is 6.18. The highest BCUT2D eigenvalue weighted by atomic mass is 35.5. The van der Waals surface area contributed by atoms with E-state index in [1.165, 1.54) is 18.4 Å². The molecule has 1 fully saturated rings. The number of halogens is 2. The van der Waals surface area contributed by atoms with Crippen LogP contribution in [0.5, 0.6) is 5.75 Å². The largest absolute Gasteiger partial charge is 0.496 e. The molecule has 0 radical (unpaired) electrons. The van der Waals surface area contributed by atoms with Crippen LogP contribution in [0.2, 0.25) is 10.0 Å². The minimum Gasteiger partial charge on any atom is -0.496 e. The van der Waals surface area contributed by atoms with Gasteiger partial charge in [0, 0.05) is 28.2 Å². The topological polar surface area (TPSA) is 21.3 Å². The van der Waals surface area contributed by atoms with Crippen molar-refractivity contribution in [3.8, 4) is 16.9 Å². The molecule has 1 N–H and O–H groups in total. The van der Waals surface area contributed by atoms with Crippen LogP contribution in [-0.2, 0) is 6.54 Å². The van der Waals surface area contributed by atoms with Gasteiger partial charge in [0.15, 0.2) is 0 Å². The fourth-order valence-corrected chi connectivity index (χ4v) is 2.73. The van der Waals surface area contributed by atoms with Gasteiger partial charge < -0.3 is 10.1 Å². The van der Waals surface area contributed by atoms with Gasteiger partial charge in [-0.05, 0) is 54.3 Å². The van der Waals surface area contributed by atoms with Crippen LogP contribution in [0.15, 0.2) is 36.4 Å². The van der Waals surface area contributed by atoms with Gasteiger partial charge in [-0.15, -0.1) is 0 Å². The number of methoxy groups -OCH3 is 1. The zero-order valence-corrected chi connectivity index (χ0v) is 13.3. The second-order valence-corrected chi connectivity index (χ2v) is 6.17. The number of hydrogen-bond acceptors (Lipinski definition) is 2. The van der Waals surface area contributed by atoms with Gasteiger partial charge in [-0.1, -0.05) is 29.3 Å². The van der Waals surface area contributed by atoms with Crippen molar-refractivity contribution in [2.24, 2.45) is 0 Å². The summed E-state index contributed by atoms with van der Waals surface area (Å²) in [7, 11) is 1.67. The predicted molar refractivity (Wildman–Crippen MR) is 88.3 cm³/mol. The molecule has 1 aliphatic rings. The molecule has 2 aromatic rings. The van der Waals surface area contributed by atoms with Crippen LogP contribution in [0.4, 0.5) is 0 Å². The molecule has 1 aliphatic carbocycles. The van der Waals surface area contributed by atoms with Crippen molar-refractivity contribution in [2.45, 2.75) is 25.4 Å². The van der Waals surface area contributed by atoms with Crippen LogP contribution in [0.3, 0.4) is 0 Å². The summed E-state index contributed by atoms with van der Waals surface area (Å²) in [6, 6.07) is 12.3. The van der Waals surface area contributed by atoms with Crippen molar-refractivity contribution in [1.82, 2.24) is 5.32 Å². The first-order valence-corrected chi connectivity index (χ1v) is 7.78. The average molecular weight is 322 g/mol. The normalized spacial score (nSPS) is 14.2. The quantitative estimate of drug-likeness (QED) is 0.843. The highest BCUT2D eigenvalue weighted by Gasteiger charge is 2.21. The van der Waals surface area contributed by atoms with Crippen LogP contribution < -0.4 is 10.1 Å². The molecule has 21 heavy (non-hydrogen) atoms. The molecule has 4 heteroatoms. The molecular weight excluding hydrogens is 305 g/mol. The van der Waals surface area contributed by atoms with E-state index < -0.39 is 0 Å². The lowest BCUT2D eigenvalue weighted by Crippen LogP contribution is -2.15. The van der Waals surface area contributed by atoms with E-state index in [1.807, 2.05) is 30.3 Å². The van der Waals surface area contributed by atoms with Crippen molar-refractivity contribution < 1.29 is 4.74 Å². The highest BCUT2D eigenvalue weighted by Crippen LogP contribution is 2.36. The number of nitrogens with one attached hydrogen (secondary N) is 1. The summed E-state index contributed by atoms with van der Waals surface area (Å²) >= 11 is 12.3. The third-order valence-electron chi connectivity index (χ3n) is 3.68. The van der Waals surface area contributed by atoms with Gasteiger partial charge in [-0.3, -0.25) is 0 Å². The van der Waals surface area contributed by atoms with E-state index in [9.17, 15) is 0 Å². The maximum Gasteiger partial charge on any atom is 0.126 e. The zero-order valence-electron chi connectivity index (χ0n) is 11.8. The van der Waals surface area contributed by atoms with Gasteiger partial charge in [0.2, 0.25) is 0 Å². The van der Waals surface area contributed by atoms with Crippen LogP contribution in [-0.4, -0.2) is 13.2 Å². The Hall–Kier alpha value is -1.22. The molecule has 0 bridgehead atoms. The summed E-state index contributed by atoms with van der Waals surface area (Å²) in [4.78, 5) is 0. The molecule has 0 unspecified atom stereocenters. The summed E-state index contributed by atoms with van der Waals surface area (Å²) < 4.78 is 5.47. The van der Waals surface area contributed by atoms with Crippen molar-refractivity contribution in [2.75, 3.05) is 7.11 Å². The van der Waals surface area contributed by atoms with E-state index in [0.29, 0.717) is 16.1 Å². The van der Waals surface area contributed by atoms with E-state index in [1.54, 1.807) is 7.11 Å². The van der Waals surface area contributed by atoms with Gasteiger partial charge in [0.1, 0.15) is 5.75 Å². The van der Waals surface area contributed by atoms with Gasteiger partial charge in [0.05, 0.1) is 7.11 Å². The summed E-state index contributed by atoms with van der Waals surface area (Å²) in [6.07, 6.45) is 2.53. The summed E-state index contributed by atoms with van der Waals surface area (Å²) in [5.74, 6) is 0.800. The Labute approximate surface area is 135 Å². The Morgan fingerprint density at radius 3 is 2.38 bits per heavy atom. The Morgan fingerprint density at radius 2 is 1.71 bits per heavy atom. The van der Waals surface area contributed by atoms with E-state index in [2.05, 4.69) is 11.4 Å². The molecular formula is C17H17Cl2NO. The third-order valence-corrected chi connectivity index (χ3v) is 4.15. The molecule has 1 saturated carbocycles. The highest BCUT2D eigenvalue weighted by molar-refractivity contribution is 6.31. The van der Waals surface area contributed by atoms with Crippen LogP contribution >= 0.6 is 23.2 Å². The van der Waals surface area contributed by atoms with E-state index in [-0.39, 0.29) is 0 Å². The molecule has 110 valence electrons. The summed E-state index contributed by atoms with van der Waals surface area (Å²) in [5, 5.41) is 4.94. The van der Waals surface area contributed by atoms with E-state index in [0.717, 1.165) is 23.4 Å². The van der Waals surface area contributed by atoms with Gasteiger partial charge in [-0.25, -0.2) is 0 Å². The summed E-state index contributed by atoms with van der Waals surface area (Å²) in [6.45, 7) is 0.826. The number of benzene rings is 2. The Morgan fingerprint density at radius 1 is 1.05 bits per heavy atom. The van der Waals surface area contributed by atoms with Crippen LogP contribution in [0.1, 0.15) is 18.4 Å². The van der Waals surface area contributed by atoms with Gasteiger partial charge >= 0.3 is 0 Å². The monoisotopic (exact) mass is 321 g/mol. The van der Waals surface area contributed by atoms with Gasteiger partial charge in [0.25, 0.3) is 0 Å². The lowest BCUT2D eigenvalue weighted by molar-refractivity contribution is 0.416. The smallest absolute Gasteiger partial charge is 0.126 e. The minimum absolute atomic E-state index is 0.662. The minimum atomic E-state index is 0.662. The predicted octanol–water partition coefficient (Wildman–Crippen LogP) is 4.92. The van der Waals surface area contributed by atoms with E-state index >= 15 is 0 Å². The Kier molecular flexibility index (Phi) is 4.39. The molecule has 0 aliphatic heterocycles. The second-order valence-electron chi connectivity index (χ2n) is 5.30. The molecule has 0 atom stereocenters. The third kappa shape index (κ3) is 3.52. The first kappa shape index (κ1) is 14.7. The number of rotatable bonds is 5. The number of hydrogen-bond donors (Lipinski definition) is 1. The molecule has 2 aromatic carbocycles. The molecule has 3 rings (SSSR count). The number of ether oxygens (including phenoxy) is 1. The van der Waals surface area contributed by atoms with Crippen molar-refractivity contribution in [1.29, 1.82) is 0 Å². The fraction of sp³-hybridized carbons (Fsp3) is 0.294. The zero-order chi connectivity index (χ0) is 14.8. The van der Waals surface area contributed by atoms with Crippen molar-refractivity contribution >= 4 is 23.2 Å². The molecule has 0 aromatic heterocycles. The van der Waals surface area contributed by atoms with Gasteiger partial charge in [-0.2, -0.15) is 0 Å². The lowest BCUT2D eigenvalue weighted by atomic mass is 9.98. The Bertz CT molecular complexity index is 653. The van der Waals surface area contributed by atoms with E-state index in [4.69, 9.17) is 27.9 Å². The molecule has 0 spiro atoms. The average Bonchev–Trinajstić information content (AvgIpc) is 3.30. The standard InChI is InChI=1S/C17H17Cl2NO/c1-21-17-7-4-13(19)9-16(17)15-8-12(18)3-2-11(15)10-20-14-5-6-14/h2-4,7-9,14,20H,5-6,10H2,1H3. The molecule has 0 saturated heterocycles. The molecule has 0 amide bonds. The first-order valence-electron chi connectivity index (χ1n) is 7.03. The summed E-state index contributed by atoms with van der Waals surface area (Å²) in [5.41, 5.74) is 3.24. The lowest BCUT2D eigenvalue weighted by Gasteiger charge is -2.14. The van der Waals surface area contributed by atoms with Crippen LogP contribution in [0, 0.1) is 0 Å². The van der Waals surface area contributed by atoms with Crippen molar-refractivity contribution in [3.05, 3.63) is 52.0 Å². The molecule has 2 nitrogen and oxygen atoms in total. The van der Waals surface area contributed by atoms with Crippen molar-refractivity contribution in [3.63, 3.8) is 0 Å².